The molecule has 22 heavy (non-hydrogen) atoms. The van der Waals surface area contributed by atoms with E-state index in [1.807, 2.05) is 6.08 Å². The van der Waals surface area contributed by atoms with Crippen LogP contribution in [0.4, 0.5) is 0 Å². The molecule has 1 aromatic rings. The van der Waals surface area contributed by atoms with Crippen molar-refractivity contribution in [2.45, 2.75) is 67.5 Å². The van der Waals surface area contributed by atoms with Crippen LogP contribution in [0.5, 0.6) is 0 Å². The summed E-state index contributed by atoms with van der Waals surface area (Å²) < 4.78 is 6.80. The number of fused-ring (bicyclic) bond motifs is 1. The van der Waals surface area contributed by atoms with Crippen LogP contribution in [0.3, 0.4) is 0 Å². The maximum Gasteiger partial charge on any atom is 0.0832 e. The fraction of sp³-hybridized carbons (Fsp3) is 0.600. The largest absolute Gasteiger partial charge is 0.370 e. The maximum atomic E-state index is 6.48. The minimum atomic E-state index is 0.0944. The van der Waals surface area contributed by atoms with Crippen LogP contribution in [0.1, 0.15) is 56.9 Å². The number of rotatable bonds is 6. The summed E-state index contributed by atoms with van der Waals surface area (Å²) in [6, 6.07) is 10.9. The van der Waals surface area contributed by atoms with Crippen LogP contribution in [-0.2, 0) is 10.5 Å². The first-order valence-electron chi connectivity index (χ1n) is 8.73. The van der Waals surface area contributed by atoms with Gasteiger partial charge in [-0.3, -0.25) is 0 Å². The maximum absolute atomic E-state index is 6.48. The zero-order valence-corrected chi connectivity index (χ0v) is 14.4. The van der Waals surface area contributed by atoms with Crippen molar-refractivity contribution < 1.29 is 4.74 Å². The molecule has 1 nitrogen and oxygen atoms in total. The lowest BCUT2D eigenvalue weighted by molar-refractivity contribution is -0.103. The Morgan fingerprint density at radius 2 is 1.64 bits per heavy atom. The van der Waals surface area contributed by atoms with Gasteiger partial charge in [-0.1, -0.05) is 62.1 Å². The van der Waals surface area contributed by atoms with Gasteiger partial charge < -0.3 is 4.74 Å². The highest BCUT2D eigenvalue weighted by Gasteiger charge is 2.54. The first-order valence-corrected chi connectivity index (χ1v) is 9.72. The summed E-state index contributed by atoms with van der Waals surface area (Å²) in [7, 11) is 0. The summed E-state index contributed by atoms with van der Waals surface area (Å²) in [5, 5.41) is 0. The number of thioether (sulfide) groups is 1. The van der Waals surface area contributed by atoms with Crippen molar-refractivity contribution in [3.05, 3.63) is 48.6 Å². The highest BCUT2D eigenvalue weighted by molar-refractivity contribution is 8.00. The number of benzene rings is 1. The second kappa shape index (κ2) is 7.23. The minimum Gasteiger partial charge on any atom is -0.370 e. The summed E-state index contributed by atoms with van der Waals surface area (Å²) in [5.41, 5.74) is 1.53. The number of hydrogen-bond acceptors (Lipinski definition) is 2. The van der Waals surface area contributed by atoms with E-state index in [-0.39, 0.29) is 5.60 Å². The smallest absolute Gasteiger partial charge is 0.0832 e. The fourth-order valence-corrected chi connectivity index (χ4v) is 6.11. The van der Waals surface area contributed by atoms with Crippen LogP contribution >= 0.6 is 11.8 Å². The van der Waals surface area contributed by atoms with Crippen LogP contribution in [0.15, 0.2) is 43.0 Å². The standard InChI is InChI=1S/C20H28OS/c1-2-16-21-19-12-6-8-14-20(19,15-9-7-13-19)22-17-18-10-4-3-5-11-18/h2-5,10-11H,1,6-9,12-17H2. The van der Waals surface area contributed by atoms with E-state index in [2.05, 4.69) is 48.7 Å². The molecule has 0 spiro atoms. The molecular weight excluding hydrogens is 288 g/mol. The van der Waals surface area contributed by atoms with Crippen LogP contribution < -0.4 is 0 Å². The van der Waals surface area contributed by atoms with Crippen LogP contribution in [-0.4, -0.2) is 17.0 Å². The molecule has 120 valence electrons. The van der Waals surface area contributed by atoms with Gasteiger partial charge in [0.2, 0.25) is 0 Å². The third-order valence-corrected chi connectivity index (χ3v) is 7.30. The lowest BCUT2D eigenvalue weighted by Crippen LogP contribution is -2.57. The molecule has 2 heteroatoms. The molecular formula is C20H28OS. The zero-order valence-electron chi connectivity index (χ0n) is 13.6. The highest BCUT2D eigenvalue weighted by atomic mass is 32.2. The fourth-order valence-electron chi connectivity index (χ4n) is 4.37. The Kier molecular flexibility index (Phi) is 5.30. The second-order valence-electron chi connectivity index (χ2n) is 6.78. The minimum absolute atomic E-state index is 0.0944. The van der Waals surface area contributed by atoms with Crippen molar-refractivity contribution in [2.75, 3.05) is 6.61 Å². The molecule has 0 amide bonds. The Morgan fingerprint density at radius 1 is 1.00 bits per heavy atom. The Balaban J connectivity index is 1.79. The van der Waals surface area contributed by atoms with Gasteiger partial charge in [-0.2, -0.15) is 0 Å². The molecule has 2 aliphatic carbocycles. The van der Waals surface area contributed by atoms with E-state index in [0.717, 1.165) is 5.75 Å². The summed E-state index contributed by atoms with van der Waals surface area (Å²) in [6.45, 7) is 4.57. The predicted octanol–water partition coefficient (Wildman–Crippen LogP) is 5.75. The molecule has 0 aliphatic heterocycles. The summed E-state index contributed by atoms with van der Waals surface area (Å²) >= 11 is 2.17. The molecule has 0 saturated heterocycles. The normalized spacial score (nSPS) is 31.5. The molecule has 0 bridgehead atoms. The first-order chi connectivity index (χ1) is 10.8. The van der Waals surface area contributed by atoms with E-state index in [0.29, 0.717) is 11.4 Å². The zero-order chi connectivity index (χ0) is 15.3. The lowest BCUT2D eigenvalue weighted by Gasteiger charge is -2.56. The van der Waals surface area contributed by atoms with Gasteiger partial charge in [0.25, 0.3) is 0 Å². The lowest BCUT2D eigenvalue weighted by atomic mass is 9.66. The van der Waals surface area contributed by atoms with Gasteiger partial charge in [-0.25, -0.2) is 0 Å². The SMILES string of the molecule is C=CCOC12CCCCC1(SCc1ccccc1)CCCC2. The molecule has 2 fully saturated rings. The van der Waals surface area contributed by atoms with E-state index in [4.69, 9.17) is 4.74 Å². The Morgan fingerprint density at radius 3 is 2.27 bits per heavy atom. The van der Waals surface area contributed by atoms with Crippen LogP contribution in [0.25, 0.3) is 0 Å². The number of hydrogen-bond donors (Lipinski definition) is 0. The Labute approximate surface area is 139 Å². The van der Waals surface area contributed by atoms with E-state index in [1.165, 1.54) is 56.9 Å². The number of ether oxygens (including phenoxy) is 1. The second-order valence-corrected chi connectivity index (χ2v) is 8.14. The third kappa shape index (κ3) is 3.14. The first kappa shape index (κ1) is 16.1. The molecule has 2 aliphatic rings. The molecule has 0 heterocycles. The average Bonchev–Trinajstić information content (AvgIpc) is 2.59. The van der Waals surface area contributed by atoms with Crippen molar-refractivity contribution in [2.24, 2.45) is 0 Å². The van der Waals surface area contributed by atoms with Crippen molar-refractivity contribution in [3.8, 4) is 0 Å². The van der Waals surface area contributed by atoms with Gasteiger partial charge >= 0.3 is 0 Å². The quantitative estimate of drug-likeness (QED) is 0.618. The monoisotopic (exact) mass is 316 g/mol. The molecule has 0 aromatic heterocycles. The Hall–Kier alpha value is -0.730. The van der Waals surface area contributed by atoms with Crippen molar-refractivity contribution in [3.63, 3.8) is 0 Å². The summed E-state index contributed by atoms with van der Waals surface area (Å²) in [6.07, 6.45) is 12.4. The molecule has 3 rings (SSSR count). The summed E-state index contributed by atoms with van der Waals surface area (Å²) in [4.78, 5) is 0. The molecule has 0 radical (unpaired) electrons. The molecule has 0 N–H and O–H groups in total. The van der Waals surface area contributed by atoms with Crippen molar-refractivity contribution in [1.82, 2.24) is 0 Å². The van der Waals surface area contributed by atoms with Gasteiger partial charge in [0.1, 0.15) is 0 Å². The van der Waals surface area contributed by atoms with Gasteiger partial charge in [0.05, 0.1) is 12.2 Å². The molecule has 0 unspecified atom stereocenters. The van der Waals surface area contributed by atoms with Gasteiger partial charge in [0.15, 0.2) is 0 Å². The summed E-state index contributed by atoms with van der Waals surface area (Å²) in [5.74, 6) is 1.11. The Bertz CT molecular complexity index is 470. The topological polar surface area (TPSA) is 9.23 Å². The van der Waals surface area contributed by atoms with Crippen molar-refractivity contribution >= 4 is 11.8 Å². The van der Waals surface area contributed by atoms with E-state index >= 15 is 0 Å². The molecule has 1 aromatic carbocycles. The third-order valence-electron chi connectivity index (χ3n) is 5.49. The highest BCUT2D eigenvalue weighted by Crippen LogP contribution is 2.57. The molecule has 2 saturated carbocycles. The van der Waals surface area contributed by atoms with Crippen LogP contribution in [0.2, 0.25) is 0 Å². The van der Waals surface area contributed by atoms with E-state index < -0.39 is 0 Å². The predicted molar refractivity (Wildman–Crippen MR) is 96.3 cm³/mol. The van der Waals surface area contributed by atoms with E-state index in [9.17, 15) is 0 Å². The van der Waals surface area contributed by atoms with Gasteiger partial charge in [-0.05, 0) is 31.2 Å². The van der Waals surface area contributed by atoms with E-state index in [1.54, 1.807) is 0 Å². The van der Waals surface area contributed by atoms with Gasteiger partial charge in [-0.15, -0.1) is 18.3 Å². The van der Waals surface area contributed by atoms with Crippen LogP contribution in [0, 0.1) is 0 Å². The molecule has 0 atom stereocenters. The van der Waals surface area contributed by atoms with Crippen molar-refractivity contribution in [1.29, 1.82) is 0 Å². The average molecular weight is 317 g/mol. The van der Waals surface area contributed by atoms with Gasteiger partial charge in [0, 0.05) is 10.5 Å².